The summed E-state index contributed by atoms with van der Waals surface area (Å²) in [6.07, 6.45) is -0.0109. The third kappa shape index (κ3) is 3.28. The van der Waals surface area contributed by atoms with E-state index >= 15 is 0 Å². The number of morpholine rings is 1. The van der Waals surface area contributed by atoms with E-state index in [4.69, 9.17) is 14.2 Å². The minimum atomic E-state index is -0.0109. The molecular weight excluding hydrogens is 306 g/mol. The summed E-state index contributed by atoms with van der Waals surface area (Å²) in [5.74, 6) is 1.58. The SMILES string of the molecule is COc1cc(OC)nc(N2CC(c3ccccc3C)OCC2C)n1. The fourth-order valence-corrected chi connectivity index (χ4v) is 2.90. The molecule has 0 aliphatic carbocycles. The number of nitrogens with zero attached hydrogens (tertiary/aromatic N) is 3. The first-order chi connectivity index (χ1) is 11.6. The van der Waals surface area contributed by atoms with Gasteiger partial charge in [-0.15, -0.1) is 0 Å². The Kier molecular flexibility index (Phi) is 4.85. The zero-order valence-electron chi connectivity index (χ0n) is 14.5. The van der Waals surface area contributed by atoms with E-state index in [0.29, 0.717) is 30.9 Å². The molecule has 1 aromatic heterocycles. The lowest BCUT2D eigenvalue weighted by Gasteiger charge is -2.38. The van der Waals surface area contributed by atoms with E-state index in [1.165, 1.54) is 11.1 Å². The van der Waals surface area contributed by atoms with Crippen molar-refractivity contribution in [2.75, 3.05) is 32.3 Å². The van der Waals surface area contributed by atoms with E-state index in [-0.39, 0.29) is 12.1 Å². The molecule has 3 rings (SSSR count). The average molecular weight is 329 g/mol. The van der Waals surface area contributed by atoms with E-state index in [1.807, 2.05) is 12.1 Å². The normalized spacial score (nSPS) is 20.8. The maximum atomic E-state index is 6.06. The Labute approximate surface area is 142 Å². The van der Waals surface area contributed by atoms with Gasteiger partial charge >= 0.3 is 0 Å². The van der Waals surface area contributed by atoms with Crippen molar-refractivity contribution < 1.29 is 14.2 Å². The van der Waals surface area contributed by atoms with E-state index in [0.717, 1.165) is 0 Å². The lowest BCUT2D eigenvalue weighted by molar-refractivity contribution is 0.0204. The summed E-state index contributed by atoms with van der Waals surface area (Å²) in [6, 6.07) is 10.1. The van der Waals surface area contributed by atoms with Gasteiger partial charge in [-0.3, -0.25) is 0 Å². The molecule has 2 heterocycles. The Morgan fingerprint density at radius 2 is 1.79 bits per heavy atom. The highest BCUT2D eigenvalue weighted by Gasteiger charge is 2.30. The second-order valence-electron chi connectivity index (χ2n) is 5.93. The Morgan fingerprint density at radius 1 is 1.12 bits per heavy atom. The van der Waals surface area contributed by atoms with Crippen LogP contribution in [0.5, 0.6) is 11.8 Å². The van der Waals surface area contributed by atoms with Crippen LogP contribution in [-0.2, 0) is 4.74 Å². The van der Waals surface area contributed by atoms with Crippen molar-refractivity contribution in [2.45, 2.75) is 26.0 Å². The molecule has 6 nitrogen and oxygen atoms in total. The van der Waals surface area contributed by atoms with E-state index in [2.05, 4.69) is 40.8 Å². The van der Waals surface area contributed by atoms with Crippen LogP contribution in [0.15, 0.2) is 30.3 Å². The molecule has 128 valence electrons. The molecular formula is C18H23N3O3. The van der Waals surface area contributed by atoms with Crippen LogP contribution < -0.4 is 14.4 Å². The number of anilines is 1. The molecule has 0 saturated carbocycles. The average Bonchev–Trinajstić information content (AvgIpc) is 2.62. The molecule has 2 atom stereocenters. The second-order valence-corrected chi connectivity index (χ2v) is 5.93. The number of aromatic nitrogens is 2. The molecule has 0 amide bonds. The monoisotopic (exact) mass is 329 g/mol. The summed E-state index contributed by atoms with van der Waals surface area (Å²) in [7, 11) is 3.18. The summed E-state index contributed by atoms with van der Waals surface area (Å²) in [6.45, 7) is 5.50. The molecule has 6 heteroatoms. The first kappa shape index (κ1) is 16.5. The second kappa shape index (κ2) is 7.05. The van der Waals surface area contributed by atoms with Crippen molar-refractivity contribution in [3.8, 4) is 11.8 Å². The lowest BCUT2D eigenvalue weighted by atomic mass is 10.0. The first-order valence-corrected chi connectivity index (χ1v) is 8.03. The predicted octanol–water partition coefficient (Wildman–Crippen LogP) is 2.77. The number of ether oxygens (including phenoxy) is 3. The van der Waals surface area contributed by atoms with Crippen LogP contribution in [0, 0.1) is 6.92 Å². The smallest absolute Gasteiger partial charge is 0.232 e. The van der Waals surface area contributed by atoms with Gasteiger partial charge in [0.15, 0.2) is 0 Å². The molecule has 1 aromatic carbocycles. The number of aryl methyl sites for hydroxylation is 1. The van der Waals surface area contributed by atoms with Gasteiger partial charge in [0.1, 0.15) is 6.10 Å². The summed E-state index contributed by atoms with van der Waals surface area (Å²) in [5, 5.41) is 0. The van der Waals surface area contributed by atoms with Crippen LogP contribution in [0.3, 0.4) is 0 Å². The molecule has 2 unspecified atom stereocenters. The van der Waals surface area contributed by atoms with Crippen molar-refractivity contribution >= 4 is 5.95 Å². The van der Waals surface area contributed by atoms with Crippen molar-refractivity contribution in [1.82, 2.24) is 9.97 Å². The molecule has 2 aromatic rings. The summed E-state index contributed by atoms with van der Waals surface area (Å²) >= 11 is 0. The van der Waals surface area contributed by atoms with Crippen LogP contribution >= 0.6 is 0 Å². The zero-order chi connectivity index (χ0) is 17.1. The van der Waals surface area contributed by atoms with Crippen molar-refractivity contribution in [1.29, 1.82) is 0 Å². The molecule has 0 bridgehead atoms. The molecule has 24 heavy (non-hydrogen) atoms. The predicted molar refractivity (Wildman–Crippen MR) is 91.8 cm³/mol. The largest absolute Gasteiger partial charge is 0.481 e. The standard InChI is InChI=1S/C18H23N3O3/c1-12-7-5-6-8-14(12)15-10-21(13(2)11-24-15)18-19-16(22-3)9-17(20-18)23-4/h5-9,13,15H,10-11H2,1-4H3. The molecule has 0 radical (unpaired) electrons. The summed E-state index contributed by atoms with van der Waals surface area (Å²) in [4.78, 5) is 11.1. The molecule has 1 saturated heterocycles. The van der Waals surface area contributed by atoms with Gasteiger partial charge in [0.25, 0.3) is 0 Å². The van der Waals surface area contributed by atoms with E-state index in [9.17, 15) is 0 Å². The van der Waals surface area contributed by atoms with Gasteiger partial charge in [0.2, 0.25) is 17.7 Å². The molecule has 1 fully saturated rings. The highest BCUT2D eigenvalue weighted by molar-refractivity contribution is 5.40. The van der Waals surface area contributed by atoms with E-state index < -0.39 is 0 Å². The van der Waals surface area contributed by atoms with Crippen molar-refractivity contribution in [2.24, 2.45) is 0 Å². The molecule has 1 aliphatic heterocycles. The van der Waals surface area contributed by atoms with Crippen LogP contribution in [0.1, 0.15) is 24.2 Å². The molecule has 1 aliphatic rings. The topological polar surface area (TPSA) is 56.7 Å². The van der Waals surface area contributed by atoms with Crippen LogP contribution in [0.4, 0.5) is 5.95 Å². The Balaban J connectivity index is 1.91. The number of rotatable bonds is 4. The fraction of sp³-hybridized carbons (Fsp3) is 0.444. The van der Waals surface area contributed by atoms with Gasteiger partial charge in [-0.05, 0) is 25.0 Å². The Bertz CT molecular complexity index is 685. The van der Waals surface area contributed by atoms with Crippen LogP contribution in [-0.4, -0.2) is 43.4 Å². The lowest BCUT2D eigenvalue weighted by Crippen LogP contribution is -2.46. The highest BCUT2D eigenvalue weighted by atomic mass is 16.5. The summed E-state index contributed by atoms with van der Waals surface area (Å²) < 4.78 is 16.6. The minimum Gasteiger partial charge on any atom is -0.481 e. The van der Waals surface area contributed by atoms with Gasteiger partial charge in [0.05, 0.1) is 39.5 Å². The Morgan fingerprint density at radius 3 is 2.42 bits per heavy atom. The number of hydrogen-bond donors (Lipinski definition) is 0. The third-order valence-corrected chi connectivity index (χ3v) is 4.31. The maximum absolute atomic E-state index is 6.06. The quantitative estimate of drug-likeness (QED) is 0.860. The van der Waals surface area contributed by atoms with Gasteiger partial charge in [-0.25, -0.2) is 0 Å². The van der Waals surface area contributed by atoms with Crippen LogP contribution in [0.2, 0.25) is 0 Å². The number of benzene rings is 1. The van der Waals surface area contributed by atoms with Crippen LogP contribution in [0.25, 0.3) is 0 Å². The first-order valence-electron chi connectivity index (χ1n) is 8.03. The highest BCUT2D eigenvalue weighted by Crippen LogP contribution is 2.30. The van der Waals surface area contributed by atoms with Crippen molar-refractivity contribution in [3.05, 3.63) is 41.5 Å². The summed E-state index contributed by atoms with van der Waals surface area (Å²) in [5.41, 5.74) is 2.42. The maximum Gasteiger partial charge on any atom is 0.232 e. The van der Waals surface area contributed by atoms with Gasteiger partial charge in [0, 0.05) is 0 Å². The zero-order valence-corrected chi connectivity index (χ0v) is 14.5. The molecule has 0 N–H and O–H groups in total. The number of methoxy groups -OCH3 is 2. The fourth-order valence-electron chi connectivity index (χ4n) is 2.90. The van der Waals surface area contributed by atoms with E-state index in [1.54, 1.807) is 20.3 Å². The molecule has 0 spiro atoms. The van der Waals surface area contributed by atoms with Gasteiger partial charge < -0.3 is 19.1 Å². The van der Waals surface area contributed by atoms with Gasteiger partial charge in [-0.2, -0.15) is 9.97 Å². The van der Waals surface area contributed by atoms with Gasteiger partial charge in [-0.1, -0.05) is 24.3 Å². The number of hydrogen-bond acceptors (Lipinski definition) is 6. The minimum absolute atomic E-state index is 0.0109. The third-order valence-electron chi connectivity index (χ3n) is 4.31. The Hall–Kier alpha value is -2.34. The van der Waals surface area contributed by atoms with Crippen molar-refractivity contribution in [3.63, 3.8) is 0 Å².